The number of hydrogen-bond acceptors (Lipinski definition) is 5. The molecule has 22 heavy (non-hydrogen) atoms. The summed E-state index contributed by atoms with van der Waals surface area (Å²) in [5, 5.41) is 11.5. The fourth-order valence-electron chi connectivity index (χ4n) is 1.97. The average Bonchev–Trinajstić information content (AvgIpc) is 2.98. The van der Waals surface area contributed by atoms with Gasteiger partial charge >= 0.3 is 5.97 Å². The minimum absolute atomic E-state index is 0.104. The Balaban J connectivity index is 1.98. The second kappa shape index (κ2) is 5.28. The first kappa shape index (κ1) is 12.5. The lowest BCUT2D eigenvalue weighted by atomic mass is 10.2. The first-order valence-electron chi connectivity index (χ1n) is 6.97. The second-order valence-corrected chi connectivity index (χ2v) is 4.48. The summed E-state index contributed by atoms with van der Waals surface area (Å²) in [5.74, 6) is -1.30. The number of amides is 1. The number of pyridine rings is 1. The highest BCUT2D eigenvalue weighted by atomic mass is 16.4. The monoisotopic (exact) mass is 298 g/mol. The molecule has 0 spiro atoms. The summed E-state index contributed by atoms with van der Waals surface area (Å²) in [6, 6.07) is 7.88. The van der Waals surface area contributed by atoms with Gasteiger partial charge in [-0.15, -0.1) is 0 Å². The van der Waals surface area contributed by atoms with Crippen LogP contribution in [-0.4, -0.2) is 27.0 Å². The second-order valence-electron chi connectivity index (χ2n) is 4.48. The smallest absolute Gasteiger partial charge is 0.354 e. The van der Waals surface area contributed by atoms with E-state index < -0.39 is 11.9 Å². The molecule has 0 bridgehead atoms. The number of carboxylic acid groups (broad SMARTS) is 1. The number of oxazole rings is 1. The van der Waals surface area contributed by atoms with Crippen LogP contribution >= 0.6 is 0 Å². The third-order valence-corrected chi connectivity index (χ3v) is 2.90. The third-order valence-electron chi connectivity index (χ3n) is 2.90. The lowest BCUT2D eigenvalue weighted by molar-refractivity contribution is -0.114. The molecule has 7 heteroatoms. The number of aromatic carboxylic acids is 1. The number of hydrogen-bond donors (Lipinski definition) is 2. The molecule has 0 aliphatic rings. The number of nitrogens with one attached hydrogen (secondary N) is 1. The summed E-state index contributed by atoms with van der Waals surface area (Å²) in [4.78, 5) is 30.2. The van der Waals surface area contributed by atoms with Gasteiger partial charge in [-0.2, -0.15) is 0 Å². The maximum atomic E-state index is 11.2. The number of rotatable bonds is 3. The number of carbonyl (C=O) groups excluding carboxylic acids is 1. The minimum atomic E-state index is -1.14. The van der Waals surface area contributed by atoms with Crippen LogP contribution in [0.2, 0.25) is 0 Å². The molecule has 0 aliphatic carbocycles. The van der Waals surface area contributed by atoms with Crippen LogP contribution in [0.3, 0.4) is 0 Å². The van der Waals surface area contributed by atoms with Gasteiger partial charge in [0.1, 0.15) is 11.2 Å². The fraction of sp³-hybridized carbons (Fsp3) is 0.0667. The zero-order valence-electron chi connectivity index (χ0n) is 12.2. The van der Waals surface area contributed by atoms with Crippen LogP contribution in [0.5, 0.6) is 0 Å². The normalized spacial score (nSPS) is 11.2. The van der Waals surface area contributed by atoms with Gasteiger partial charge in [0.05, 0.1) is 0 Å². The van der Waals surface area contributed by atoms with E-state index >= 15 is 0 Å². The van der Waals surface area contributed by atoms with Crippen molar-refractivity contribution in [2.24, 2.45) is 0 Å². The van der Waals surface area contributed by atoms with E-state index in [0.717, 1.165) is 0 Å². The molecule has 3 rings (SSSR count). The van der Waals surface area contributed by atoms with Gasteiger partial charge in [-0.1, -0.05) is 0 Å². The highest BCUT2D eigenvalue weighted by molar-refractivity contribution is 5.91. The van der Waals surface area contributed by atoms with Crippen molar-refractivity contribution in [2.75, 3.05) is 5.32 Å². The van der Waals surface area contributed by atoms with E-state index in [-0.39, 0.29) is 18.5 Å². The molecule has 110 valence electrons. The van der Waals surface area contributed by atoms with Crippen molar-refractivity contribution in [1.82, 2.24) is 9.97 Å². The summed E-state index contributed by atoms with van der Waals surface area (Å²) >= 11 is 0. The van der Waals surface area contributed by atoms with Crippen LogP contribution in [0.15, 0.2) is 40.9 Å². The van der Waals surface area contributed by atoms with Crippen molar-refractivity contribution in [3.05, 3.63) is 42.2 Å². The molecule has 3 aromatic rings. The van der Waals surface area contributed by atoms with Crippen LogP contribution in [0, 0.1) is 0 Å². The van der Waals surface area contributed by atoms with E-state index in [1.807, 2.05) is 0 Å². The molecular weight excluding hydrogens is 286 g/mol. The largest absolute Gasteiger partial charge is 0.477 e. The molecule has 2 N–H and O–H groups in total. The van der Waals surface area contributed by atoms with Crippen molar-refractivity contribution in [2.45, 2.75) is 6.90 Å². The SMILES string of the molecule is [2H]CC(=O)Nc1ccc2nc(-c3ccnc(C(=O)O)c3)oc2c1. The Morgan fingerprint density at radius 1 is 1.32 bits per heavy atom. The lowest BCUT2D eigenvalue weighted by Gasteiger charge is -1.99. The predicted molar refractivity (Wildman–Crippen MR) is 78.5 cm³/mol. The van der Waals surface area contributed by atoms with Gasteiger partial charge in [0, 0.05) is 31.8 Å². The van der Waals surface area contributed by atoms with Crippen LogP contribution in [0.1, 0.15) is 18.8 Å². The van der Waals surface area contributed by atoms with E-state index in [1.165, 1.54) is 12.3 Å². The molecule has 0 unspecified atom stereocenters. The Morgan fingerprint density at radius 2 is 2.18 bits per heavy atom. The first-order chi connectivity index (χ1) is 11.1. The Kier molecular flexibility index (Phi) is 3.01. The van der Waals surface area contributed by atoms with Crippen molar-refractivity contribution in [1.29, 1.82) is 0 Å². The highest BCUT2D eigenvalue weighted by Crippen LogP contribution is 2.26. The van der Waals surface area contributed by atoms with Crippen molar-refractivity contribution in [3.8, 4) is 11.5 Å². The Hall–Kier alpha value is -3.22. The van der Waals surface area contributed by atoms with E-state index in [1.54, 1.807) is 24.3 Å². The van der Waals surface area contributed by atoms with E-state index in [0.29, 0.717) is 22.4 Å². The van der Waals surface area contributed by atoms with Gasteiger partial charge in [0.15, 0.2) is 5.58 Å². The number of anilines is 1. The topological polar surface area (TPSA) is 105 Å². The Bertz CT molecular complexity index is 907. The van der Waals surface area contributed by atoms with Gasteiger partial charge in [0.2, 0.25) is 11.8 Å². The maximum Gasteiger partial charge on any atom is 0.354 e. The van der Waals surface area contributed by atoms with E-state index in [4.69, 9.17) is 10.9 Å². The standard InChI is InChI=1S/C15H11N3O4/c1-8(19)17-10-2-3-11-13(7-10)22-14(18-11)9-4-5-16-12(6-9)15(20)21/h2-7H,1H3,(H,17,19)(H,20,21)/i1D. The van der Waals surface area contributed by atoms with Crippen molar-refractivity contribution in [3.63, 3.8) is 0 Å². The quantitative estimate of drug-likeness (QED) is 0.769. The molecule has 0 atom stereocenters. The lowest BCUT2D eigenvalue weighted by Crippen LogP contribution is -2.05. The van der Waals surface area contributed by atoms with E-state index in [2.05, 4.69) is 15.3 Å². The van der Waals surface area contributed by atoms with Gasteiger partial charge in [-0.25, -0.2) is 14.8 Å². The fourth-order valence-corrected chi connectivity index (χ4v) is 1.97. The average molecular weight is 298 g/mol. The molecule has 7 nitrogen and oxygen atoms in total. The molecule has 1 aromatic carbocycles. The molecule has 0 saturated heterocycles. The van der Waals surface area contributed by atoms with Gasteiger partial charge in [-0.3, -0.25) is 4.79 Å². The van der Waals surface area contributed by atoms with E-state index in [9.17, 15) is 9.59 Å². The molecule has 0 aliphatic heterocycles. The summed E-state index contributed by atoms with van der Waals surface area (Å²) in [6.45, 7) is -0.366. The number of carbonyl (C=O) groups is 2. The molecule has 0 saturated carbocycles. The zero-order valence-corrected chi connectivity index (χ0v) is 11.2. The molecule has 1 amide bonds. The molecule has 0 radical (unpaired) electrons. The third kappa shape index (κ3) is 2.64. The molecule has 0 fully saturated rings. The Morgan fingerprint density at radius 3 is 2.95 bits per heavy atom. The van der Waals surface area contributed by atoms with Gasteiger partial charge in [0.25, 0.3) is 0 Å². The Labute approximate surface area is 126 Å². The van der Waals surface area contributed by atoms with Crippen LogP contribution < -0.4 is 5.32 Å². The minimum Gasteiger partial charge on any atom is -0.477 e. The summed E-state index contributed by atoms with van der Waals surface area (Å²) in [6.07, 6.45) is 1.37. The molecule has 2 heterocycles. The number of nitrogens with zero attached hydrogens (tertiary/aromatic N) is 2. The van der Waals surface area contributed by atoms with Crippen LogP contribution in [-0.2, 0) is 4.79 Å². The van der Waals surface area contributed by atoms with Crippen LogP contribution in [0.4, 0.5) is 5.69 Å². The van der Waals surface area contributed by atoms with Gasteiger partial charge in [-0.05, 0) is 24.3 Å². The number of carboxylic acids is 1. The summed E-state index contributed by atoms with van der Waals surface area (Å²) in [5.41, 5.74) is 1.89. The number of fused-ring (bicyclic) bond motifs is 1. The zero-order chi connectivity index (χ0) is 16.4. The van der Waals surface area contributed by atoms with Crippen LogP contribution in [0.25, 0.3) is 22.6 Å². The highest BCUT2D eigenvalue weighted by Gasteiger charge is 2.12. The number of benzene rings is 1. The summed E-state index contributed by atoms with van der Waals surface area (Å²) < 4.78 is 12.6. The van der Waals surface area contributed by atoms with Crippen molar-refractivity contribution >= 4 is 28.7 Å². The summed E-state index contributed by atoms with van der Waals surface area (Å²) in [7, 11) is 0. The maximum absolute atomic E-state index is 11.2. The number of aromatic nitrogens is 2. The molecular formula is C15H11N3O4. The van der Waals surface area contributed by atoms with Crippen molar-refractivity contribution < 1.29 is 20.5 Å². The van der Waals surface area contributed by atoms with Gasteiger partial charge < -0.3 is 14.8 Å². The predicted octanol–water partition coefficient (Wildman–Crippen LogP) is 2.55. The first-order valence-corrected chi connectivity index (χ1v) is 6.26. The molecule has 2 aromatic heterocycles.